The fourth-order valence-corrected chi connectivity index (χ4v) is 1.30. The average Bonchev–Trinajstić information content (AvgIpc) is 2.07. The second-order valence-corrected chi connectivity index (χ2v) is 5.82. The molecule has 0 aliphatic carbocycles. The third-order valence-electron chi connectivity index (χ3n) is 2.08. The minimum absolute atomic E-state index is 0.0274. The molecule has 0 aliphatic heterocycles. The summed E-state index contributed by atoms with van der Waals surface area (Å²) in [6.07, 6.45) is 0. The van der Waals surface area contributed by atoms with Crippen LogP contribution in [0.4, 0.5) is 0 Å². The molecule has 0 radical (unpaired) electrons. The Labute approximate surface area is 99.0 Å². The van der Waals surface area contributed by atoms with Crippen molar-refractivity contribution in [3.05, 3.63) is 0 Å². The lowest BCUT2D eigenvalue weighted by atomic mass is 10.1. The molecular formula is C12H26N2O2. The first-order valence-electron chi connectivity index (χ1n) is 5.80. The normalized spacial score (nSPS) is 12.7. The van der Waals surface area contributed by atoms with Crippen molar-refractivity contribution >= 4 is 5.91 Å². The second kappa shape index (κ2) is 5.64. The van der Waals surface area contributed by atoms with Crippen LogP contribution in [-0.4, -0.2) is 46.7 Å². The van der Waals surface area contributed by atoms with Crippen molar-refractivity contribution in [2.45, 2.75) is 52.7 Å². The fraction of sp³-hybridized carbons (Fsp3) is 0.917. The summed E-state index contributed by atoms with van der Waals surface area (Å²) in [5.74, 6) is 0.0274. The lowest BCUT2D eigenvalue weighted by Crippen LogP contribution is -2.48. The Morgan fingerprint density at radius 3 is 2.06 bits per heavy atom. The quantitative estimate of drug-likeness (QED) is 0.740. The van der Waals surface area contributed by atoms with Crippen LogP contribution in [0.1, 0.15) is 41.5 Å². The van der Waals surface area contributed by atoms with Crippen LogP contribution in [0.15, 0.2) is 0 Å². The van der Waals surface area contributed by atoms with Crippen molar-refractivity contribution in [2.75, 3.05) is 19.6 Å². The maximum Gasteiger partial charge on any atom is 0.236 e. The highest BCUT2D eigenvalue weighted by molar-refractivity contribution is 5.78. The number of likely N-dealkylation sites (N-methyl/N-ethyl adjacent to an activating group) is 1. The van der Waals surface area contributed by atoms with Gasteiger partial charge in [0, 0.05) is 18.6 Å². The first-order chi connectivity index (χ1) is 7.05. The van der Waals surface area contributed by atoms with Gasteiger partial charge >= 0.3 is 0 Å². The van der Waals surface area contributed by atoms with E-state index in [1.54, 1.807) is 18.7 Å². The molecule has 4 heteroatoms. The summed E-state index contributed by atoms with van der Waals surface area (Å²) in [7, 11) is 0. The first kappa shape index (κ1) is 15.4. The fourth-order valence-electron chi connectivity index (χ4n) is 1.30. The number of amides is 1. The molecule has 0 spiro atoms. The molecule has 0 aromatic carbocycles. The molecule has 0 saturated carbocycles. The number of nitrogens with zero attached hydrogens (tertiary/aromatic N) is 1. The number of hydrogen-bond acceptors (Lipinski definition) is 3. The maximum atomic E-state index is 11.9. The maximum absolute atomic E-state index is 11.9. The number of carbonyl (C=O) groups excluding carboxylic acids is 1. The van der Waals surface area contributed by atoms with Gasteiger partial charge in [-0.2, -0.15) is 0 Å². The molecule has 0 fully saturated rings. The standard InChI is InChI=1S/C12H26N2O2/c1-7-14(9-12(5,6)16)10(15)8-13-11(2,3)4/h13,16H,7-9H2,1-6H3. The van der Waals surface area contributed by atoms with Gasteiger partial charge in [-0.25, -0.2) is 0 Å². The van der Waals surface area contributed by atoms with Gasteiger partial charge in [-0.1, -0.05) is 0 Å². The zero-order chi connectivity index (χ0) is 13.0. The molecule has 4 nitrogen and oxygen atoms in total. The molecule has 96 valence electrons. The molecule has 0 aliphatic rings. The minimum atomic E-state index is -0.840. The predicted octanol–water partition coefficient (Wildman–Crippen LogP) is 0.994. The van der Waals surface area contributed by atoms with Crippen LogP contribution in [0, 0.1) is 0 Å². The Balaban J connectivity index is 4.22. The van der Waals surface area contributed by atoms with Gasteiger partial charge in [0.2, 0.25) is 5.91 Å². The molecule has 0 unspecified atom stereocenters. The van der Waals surface area contributed by atoms with Crippen molar-refractivity contribution in [3.8, 4) is 0 Å². The van der Waals surface area contributed by atoms with E-state index in [1.165, 1.54) is 0 Å². The molecule has 0 atom stereocenters. The number of aliphatic hydroxyl groups is 1. The molecule has 0 bridgehead atoms. The molecule has 0 rings (SSSR count). The Morgan fingerprint density at radius 2 is 1.75 bits per heavy atom. The highest BCUT2D eigenvalue weighted by Crippen LogP contribution is 2.05. The Hall–Kier alpha value is -0.610. The highest BCUT2D eigenvalue weighted by atomic mass is 16.3. The van der Waals surface area contributed by atoms with Crippen LogP contribution >= 0.6 is 0 Å². The van der Waals surface area contributed by atoms with E-state index in [2.05, 4.69) is 5.32 Å². The third kappa shape index (κ3) is 7.65. The molecule has 0 aromatic heterocycles. The summed E-state index contributed by atoms with van der Waals surface area (Å²) in [6, 6.07) is 0. The molecule has 16 heavy (non-hydrogen) atoms. The SMILES string of the molecule is CCN(CC(C)(C)O)C(=O)CNC(C)(C)C. The molecular weight excluding hydrogens is 204 g/mol. The minimum Gasteiger partial charge on any atom is -0.389 e. The largest absolute Gasteiger partial charge is 0.389 e. The van der Waals surface area contributed by atoms with Crippen molar-refractivity contribution in [1.29, 1.82) is 0 Å². The zero-order valence-electron chi connectivity index (χ0n) is 11.4. The third-order valence-corrected chi connectivity index (χ3v) is 2.08. The lowest BCUT2D eigenvalue weighted by Gasteiger charge is -2.29. The number of rotatable bonds is 5. The van der Waals surface area contributed by atoms with Gasteiger partial charge in [0.05, 0.1) is 12.1 Å². The van der Waals surface area contributed by atoms with Gasteiger partial charge in [0.1, 0.15) is 0 Å². The Morgan fingerprint density at radius 1 is 1.25 bits per heavy atom. The van der Waals surface area contributed by atoms with Crippen LogP contribution < -0.4 is 5.32 Å². The van der Waals surface area contributed by atoms with Gasteiger partial charge in [-0.3, -0.25) is 4.79 Å². The summed E-state index contributed by atoms with van der Waals surface area (Å²) in [4.78, 5) is 13.5. The van der Waals surface area contributed by atoms with Crippen molar-refractivity contribution in [3.63, 3.8) is 0 Å². The van der Waals surface area contributed by atoms with Crippen molar-refractivity contribution < 1.29 is 9.90 Å². The lowest BCUT2D eigenvalue weighted by molar-refractivity contribution is -0.133. The van der Waals surface area contributed by atoms with Gasteiger partial charge in [-0.05, 0) is 41.5 Å². The van der Waals surface area contributed by atoms with E-state index >= 15 is 0 Å². The molecule has 1 amide bonds. The van der Waals surface area contributed by atoms with Crippen LogP contribution in [0.5, 0.6) is 0 Å². The summed E-state index contributed by atoms with van der Waals surface area (Å²) >= 11 is 0. The van der Waals surface area contributed by atoms with E-state index in [-0.39, 0.29) is 11.4 Å². The predicted molar refractivity (Wildman–Crippen MR) is 66.3 cm³/mol. The first-order valence-corrected chi connectivity index (χ1v) is 5.80. The van der Waals surface area contributed by atoms with Gasteiger partial charge in [0.15, 0.2) is 0 Å². The highest BCUT2D eigenvalue weighted by Gasteiger charge is 2.22. The van der Waals surface area contributed by atoms with E-state index in [4.69, 9.17) is 0 Å². The summed E-state index contributed by atoms with van der Waals surface area (Å²) < 4.78 is 0. The zero-order valence-corrected chi connectivity index (χ0v) is 11.4. The van der Waals surface area contributed by atoms with Crippen molar-refractivity contribution in [2.24, 2.45) is 0 Å². The number of nitrogens with one attached hydrogen (secondary N) is 1. The van der Waals surface area contributed by atoms with Gasteiger partial charge in [0.25, 0.3) is 0 Å². The average molecular weight is 230 g/mol. The van der Waals surface area contributed by atoms with E-state index < -0.39 is 5.60 Å². The van der Waals surface area contributed by atoms with Gasteiger partial charge in [-0.15, -0.1) is 0 Å². The van der Waals surface area contributed by atoms with Crippen LogP contribution in [0.2, 0.25) is 0 Å². The molecule has 0 saturated heterocycles. The Kier molecular flexibility index (Phi) is 5.42. The second-order valence-electron chi connectivity index (χ2n) is 5.82. The van der Waals surface area contributed by atoms with Crippen molar-refractivity contribution in [1.82, 2.24) is 10.2 Å². The van der Waals surface area contributed by atoms with Crippen LogP contribution in [0.25, 0.3) is 0 Å². The number of carbonyl (C=O) groups is 1. The monoisotopic (exact) mass is 230 g/mol. The summed E-state index contributed by atoms with van der Waals surface area (Å²) in [6.45, 7) is 12.7. The Bertz CT molecular complexity index is 226. The molecule has 0 heterocycles. The molecule has 2 N–H and O–H groups in total. The van der Waals surface area contributed by atoms with E-state index in [9.17, 15) is 9.90 Å². The van der Waals surface area contributed by atoms with Gasteiger partial charge < -0.3 is 15.3 Å². The van der Waals surface area contributed by atoms with Crippen LogP contribution in [0.3, 0.4) is 0 Å². The molecule has 0 aromatic rings. The topological polar surface area (TPSA) is 52.6 Å². The summed E-state index contributed by atoms with van der Waals surface area (Å²) in [5.41, 5.74) is -0.906. The smallest absolute Gasteiger partial charge is 0.236 e. The summed E-state index contributed by atoms with van der Waals surface area (Å²) in [5, 5.41) is 12.8. The van der Waals surface area contributed by atoms with E-state index in [1.807, 2.05) is 27.7 Å². The van der Waals surface area contributed by atoms with Crippen LogP contribution in [-0.2, 0) is 4.79 Å². The number of hydrogen-bond donors (Lipinski definition) is 2. The van der Waals surface area contributed by atoms with E-state index in [0.29, 0.717) is 19.6 Å². The van der Waals surface area contributed by atoms with E-state index in [0.717, 1.165) is 0 Å².